The molecule has 1 saturated heterocycles. The first-order valence-corrected chi connectivity index (χ1v) is 15.4. The second-order valence-corrected chi connectivity index (χ2v) is 11.4. The number of ether oxygens (including phenoxy) is 1. The number of aliphatic hydroxyl groups excluding tert-OH is 1. The van der Waals surface area contributed by atoms with Crippen molar-refractivity contribution in [3.63, 3.8) is 0 Å². The third kappa shape index (κ3) is 6.78. The van der Waals surface area contributed by atoms with E-state index in [-0.39, 0.29) is 23.7 Å². The maximum atomic E-state index is 14.0. The van der Waals surface area contributed by atoms with E-state index in [1.807, 2.05) is 13.8 Å². The van der Waals surface area contributed by atoms with Gasteiger partial charge in [0.05, 0.1) is 24.9 Å². The third-order valence-electron chi connectivity index (χ3n) is 8.49. The van der Waals surface area contributed by atoms with Crippen molar-refractivity contribution >= 4 is 29.2 Å². The van der Waals surface area contributed by atoms with Crippen LogP contribution in [0.25, 0.3) is 22.8 Å². The zero-order chi connectivity index (χ0) is 31.4. The molecule has 4 N–H and O–H groups in total. The number of nitrogens with one attached hydrogen (secondary N) is 3. The highest BCUT2D eigenvalue weighted by atomic mass is 19.1. The lowest BCUT2D eigenvalue weighted by Crippen LogP contribution is -2.40. The first-order valence-electron chi connectivity index (χ1n) is 15.4. The second kappa shape index (κ2) is 13.9. The van der Waals surface area contributed by atoms with Crippen LogP contribution in [0.5, 0.6) is 0 Å². The summed E-state index contributed by atoms with van der Waals surface area (Å²) in [6.07, 6.45) is 1.27. The molecule has 0 spiro atoms. The normalized spacial score (nSPS) is 17.2. The molecule has 3 aromatic rings. The van der Waals surface area contributed by atoms with E-state index in [1.165, 1.54) is 12.1 Å². The number of aromatic amines is 1. The summed E-state index contributed by atoms with van der Waals surface area (Å²) >= 11 is 0. The van der Waals surface area contributed by atoms with Gasteiger partial charge in [-0.3, -0.25) is 9.59 Å². The van der Waals surface area contributed by atoms with Crippen molar-refractivity contribution in [2.75, 3.05) is 57.8 Å². The van der Waals surface area contributed by atoms with Crippen molar-refractivity contribution in [2.24, 2.45) is 0 Å². The molecule has 3 heterocycles. The number of aromatic nitrogens is 1. The number of aryl methyl sites for hydroxylation is 1. The van der Waals surface area contributed by atoms with Gasteiger partial charge in [-0.05, 0) is 74.5 Å². The fourth-order valence-corrected chi connectivity index (χ4v) is 6.06. The predicted octanol–water partition coefficient (Wildman–Crippen LogP) is 4.45. The molecule has 2 aliphatic heterocycles. The van der Waals surface area contributed by atoms with Crippen LogP contribution in [0.3, 0.4) is 0 Å². The molecular weight excluding hydrogens is 561 g/mol. The highest BCUT2D eigenvalue weighted by molar-refractivity contribution is 6.35. The minimum Gasteiger partial charge on any atom is -0.390 e. The molecule has 10 heteroatoms. The molecule has 9 nitrogen and oxygen atoms in total. The number of benzene rings is 2. The van der Waals surface area contributed by atoms with Crippen molar-refractivity contribution in [1.29, 1.82) is 0 Å². The molecule has 2 amide bonds. The Hall–Kier alpha value is -3.83. The lowest BCUT2D eigenvalue weighted by atomic mass is 9.94. The number of amides is 2. The van der Waals surface area contributed by atoms with Crippen LogP contribution in [0, 0.1) is 12.7 Å². The molecule has 0 aliphatic carbocycles. The number of morpholine rings is 1. The van der Waals surface area contributed by atoms with Crippen molar-refractivity contribution in [3.8, 4) is 11.1 Å². The number of hydrogen-bond donors (Lipinski definition) is 4. The molecule has 44 heavy (non-hydrogen) atoms. The summed E-state index contributed by atoms with van der Waals surface area (Å²) in [6, 6.07) is 11.4. The SMILES string of the molecule is CCN(CC)CC(O)CNC(C)c1c(C)[nH]c(C=C2C(=O)Nc3ccc(C(=O)N4CCOCC4)cc32)c1-c1ccc(F)cc1. The van der Waals surface area contributed by atoms with Gasteiger partial charge in [0.25, 0.3) is 11.8 Å². The molecule has 2 unspecified atom stereocenters. The Kier molecular flexibility index (Phi) is 9.95. The number of aliphatic hydroxyl groups is 1. The smallest absolute Gasteiger partial charge is 0.256 e. The summed E-state index contributed by atoms with van der Waals surface area (Å²) in [5, 5.41) is 17.1. The standard InChI is InChI=1S/C34H42FN5O4/c1-5-39(6-2)20-26(41)19-36-21(3)31-22(4)37-30(32(31)23-7-10-25(35)11-8-23)18-28-27-17-24(9-12-29(27)38-33(28)42)34(43)40-13-15-44-16-14-40/h7-12,17-18,21,26,36-37,41H,5-6,13-16,19-20H2,1-4H3,(H,38,42). The lowest BCUT2D eigenvalue weighted by Gasteiger charge is -2.27. The number of nitrogens with zero attached hydrogens (tertiary/aromatic N) is 2. The summed E-state index contributed by atoms with van der Waals surface area (Å²) in [5.74, 6) is -0.696. The number of H-pyrrole nitrogens is 1. The maximum absolute atomic E-state index is 14.0. The Labute approximate surface area is 258 Å². The zero-order valence-corrected chi connectivity index (χ0v) is 25.9. The second-order valence-electron chi connectivity index (χ2n) is 11.4. The van der Waals surface area contributed by atoms with E-state index >= 15 is 0 Å². The minimum atomic E-state index is -0.541. The van der Waals surface area contributed by atoms with Crippen molar-refractivity contribution < 1.29 is 23.8 Å². The van der Waals surface area contributed by atoms with Crippen molar-refractivity contribution in [1.82, 2.24) is 20.1 Å². The highest BCUT2D eigenvalue weighted by Crippen LogP contribution is 2.39. The average molecular weight is 604 g/mol. The summed E-state index contributed by atoms with van der Waals surface area (Å²) in [4.78, 5) is 33.9. The van der Waals surface area contributed by atoms with Gasteiger partial charge in [-0.25, -0.2) is 4.39 Å². The molecule has 1 fully saturated rings. The van der Waals surface area contributed by atoms with Crippen LogP contribution in [0.15, 0.2) is 42.5 Å². The summed E-state index contributed by atoms with van der Waals surface area (Å²) in [5.41, 5.74) is 6.43. The molecular formula is C34H42FN5O4. The topological polar surface area (TPSA) is 110 Å². The van der Waals surface area contributed by atoms with Crippen LogP contribution in [0.4, 0.5) is 10.1 Å². The molecule has 0 saturated carbocycles. The fourth-order valence-electron chi connectivity index (χ4n) is 6.06. The molecule has 1 aromatic heterocycles. The van der Waals surface area contributed by atoms with Crippen LogP contribution in [0.1, 0.15) is 59.7 Å². The van der Waals surface area contributed by atoms with Gasteiger partial charge in [0.1, 0.15) is 5.82 Å². The van der Waals surface area contributed by atoms with Gasteiger partial charge < -0.3 is 35.3 Å². The van der Waals surface area contributed by atoms with E-state index in [0.717, 1.165) is 35.5 Å². The summed E-state index contributed by atoms with van der Waals surface area (Å²) in [6.45, 7) is 12.9. The molecule has 2 atom stereocenters. The minimum absolute atomic E-state index is 0.0946. The van der Waals surface area contributed by atoms with Gasteiger partial charge in [-0.1, -0.05) is 26.0 Å². The predicted molar refractivity (Wildman–Crippen MR) is 171 cm³/mol. The number of carbonyl (C=O) groups excluding carboxylic acids is 2. The summed E-state index contributed by atoms with van der Waals surface area (Å²) < 4.78 is 19.4. The van der Waals surface area contributed by atoms with E-state index < -0.39 is 6.10 Å². The van der Waals surface area contributed by atoms with Gasteiger partial charge in [-0.2, -0.15) is 0 Å². The van der Waals surface area contributed by atoms with Gasteiger partial charge in [0, 0.05) is 66.0 Å². The van der Waals surface area contributed by atoms with Crippen LogP contribution in [-0.4, -0.2) is 90.3 Å². The van der Waals surface area contributed by atoms with E-state index in [1.54, 1.807) is 41.3 Å². The third-order valence-corrected chi connectivity index (χ3v) is 8.49. The van der Waals surface area contributed by atoms with Gasteiger partial charge >= 0.3 is 0 Å². The zero-order valence-electron chi connectivity index (χ0n) is 25.9. The molecule has 234 valence electrons. The number of hydrogen-bond acceptors (Lipinski definition) is 6. The first-order chi connectivity index (χ1) is 21.2. The highest BCUT2D eigenvalue weighted by Gasteiger charge is 2.29. The Balaban J connectivity index is 1.50. The number of fused-ring (bicyclic) bond motifs is 1. The van der Waals surface area contributed by atoms with Crippen LogP contribution in [0.2, 0.25) is 0 Å². The Bertz CT molecular complexity index is 1520. The van der Waals surface area contributed by atoms with Crippen molar-refractivity contribution in [3.05, 3.63) is 76.4 Å². The largest absolute Gasteiger partial charge is 0.390 e. The molecule has 0 radical (unpaired) electrons. The first kappa shape index (κ1) is 31.6. The molecule has 0 bridgehead atoms. The fraction of sp³-hybridized carbons (Fsp3) is 0.412. The Morgan fingerprint density at radius 3 is 2.55 bits per heavy atom. The lowest BCUT2D eigenvalue weighted by molar-refractivity contribution is -0.110. The Morgan fingerprint density at radius 1 is 1.16 bits per heavy atom. The number of carbonyl (C=O) groups is 2. The van der Waals surface area contributed by atoms with E-state index in [0.29, 0.717) is 67.5 Å². The summed E-state index contributed by atoms with van der Waals surface area (Å²) in [7, 11) is 0. The van der Waals surface area contributed by atoms with Gasteiger partial charge in [0.15, 0.2) is 0 Å². The van der Waals surface area contributed by atoms with E-state index in [4.69, 9.17) is 4.74 Å². The number of rotatable bonds is 11. The molecule has 2 aliphatic rings. The van der Waals surface area contributed by atoms with Crippen LogP contribution in [-0.2, 0) is 9.53 Å². The van der Waals surface area contributed by atoms with Gasteiger partial charge in [0.2, 0.25) is 0 Å². The molecule has 5 rings (SSSR count). The Morgan fingerprint density at radius 2 is 1.86 bits per heavy atom. The average Bonchev–Trinajstić information content (AvgIpc) is 3.53. The molecule has 2 aromatic carbocycles. The maximum Gasteiger partial charge on any atom is 0.256 e. The quantitative estimate of drug-likeness (QED) is 0.241. The number of halogens is 1. The van der Waals surface area contributed by atoms with Crippen LogP contribution >= 0.6 is 0 Å². The van der Waals surface area contributed by atoms with E-state index in [9.17, 15) is 19.1 Å². The van der Waals surface area contributed by atoms with E-state index in [2.05, 4.69) is 34.4 Å². The van der Waals surface area contributed by atoms with Gasteiger partial charge in [-0.15, -0.1) is 0 Å². The monoisotopic (exact) mass is 603 g/mol. The number of likely N-dealkylation sites (N-methyl/N-ethyl adjacent to an activating group) is 1. The van der Waals surface area contributed by atoms with Crippen LogP contribution < -0.4 is 10.6 Å². The number of anilines is 1. The van der Waals surface area contributed by atoms with Crippen molar-refractivity contribution in [2.45, 2.75) is 39.8 Å².